The van der Waals surface area contributed by atoms with Crippen molar-refractivity contribution in [2.24, 2.45) is 17.4 Å². The van der Waals surface area contributed by atoms with Gasteiger partial charge in [0.2, 0.25) is 35.4 Å². The summed E-state index contributed by atoms with van der Waals surface area (Å²) in [5.41, 5.74) is 11.7. The predicted octanol–water partition coefficient (Wildman–Crippen LogP) is -3.63. The molecule has 2 heterocycles. The van der Waals surface area contributed by atoms with Gasteiger partial charge in [-0.1, -0.05) is 20.3 Å². The number of nitrogens with zero attached hydrogens (tertiary/aromatic N) is 2. The van der Waals surface area contributed by atoms with Crippen LogP contribution in [0.1, 0.15) is 65.5 Å². The number of aliphatic carboxylic acids is 1. The summed E-state index contributed by atoms with van der Waals surface area (Å²) in [5, 5.41) is 39.5. The molecule has 0 bridgehead atoms. The van der Waals surface area contributed by atoms with Gasteiger partial charge < -0.3 is 57.9 Å². The van der Waals surface area contributed by atoms with Crippen LogP contribution in [0.5, 0.6) is 0 Å². The molecule has 1 aromatic rings. The maximum Gasteiger partial charge on any atom is 0.303 e. The molecule has 19 heteroatoms. The number of H-pyrrole nitrogens is 1. The van der Waals surface area contributed by atoms with Gasteiger partial charge in [0.15, 0.2) is 0 Å². The SMILES string of the molecule is CCC(C)C(N)C(=O)NC(C(=O)NC(C(=O)N1CCCC1C(=O)NC(Cc1cnc[nH]1)C(=O)NC(CCC(=O)O)C(N)=O)C(C)O)C(C)O. The van der Waals surface area contributed by atoms with E-state index in [1.807, 2.05) is 6.92 Å². The van der Waals surface area contributed by atoms with Gasteiger partial charge in [-0.3, -0.25) is 33.6 Å². The van der Waals surface area contributed by atoms with Crippen molar-refractivity contribution in [3.8, 4) is 0 Å². The predicted molar refractivity (Wildman–Crippen MR) is 172 cm³/mol. The second-order valence-electron chi connectivity index (χ2n) is 12.3. The molecule has 274 valence electrons. The number of aromatic nitrogens is 2. The van der Waals surface area contributed by atoms with Crippen LogP contribution < -0.4 is 32.7 Å². The van der Waals surface area contributed by atoms with Gasteiger partial charge in [-0.25, -0.2) is 4.98 Å². The van der Waals surface area contributed by atoms with Crippen molar-refractivity contribution in [3.63, 3.8) is 0 Å². The van der Waals surface area contributed by atoms with E-state index < -0.39 is 96.3 Å². The number of amides is 6. The number of carboxylic acid groups (broad SMARTS) is 1. The summed E-state index contributed by atoms with van der Waals surface area (Å²) in [5.74, 6) is -6.50. The van der Waals surface area contributed by atoms with Gasteiger partial charge in [0, 0.05) is 31.3 Å². The largest absolute Gasteiger partial charge is 0.481 e. The van der Waals surface area contributed by atoms with Gasteiger partial charge in [0.25, 0.3) is 0 Å². The Labute approximate surface area is 283 Å². The van der Waals surface area contributed by atoms with Crippen LogP contribution in [0.4, 0.5) is 0 Å². The summed E-state index contributed by atoms with van der Waals surface area (Å²) in [6.07, 6.45) is 0.124. The first-order valence-electron chi connectivity index (χ1n) is 16.1. The van der Waals surface area contributed by atoms with Crippen LogP contribution in [-0.2, 0) is 40.0 Å². The fourth-order valence-corrected chi connectivity index (χ4v) is 5.20. The van der Waals surface area contributed by atoms with Crippen LogP contribution in [0, 0.1) is 5.92 Å². The monoisotopic (exact) mass is 695 g/mol. The topological polar surface area (TPSA) is 312 Å². The van der Waals surface area contributed by atoms with Crippen molar-refractivity contribution < 1.29 is 48.9 Å². The molecule has 1 aliphatic heterocycles. The second kappa shape index (κ2) is 18.8. The zero-order valence-corrected chi connectivity index (χ0v) is 28.0. The molecule has 12 N–H and O–H groups in total. The number of rotatable bonds is 19. The summed E-state index contributed by atoms with van der Waals surface area (Å²) in [6.45, 7) is 6.14. The first-order chi connectivity index (χ1) is 23.0. The van der Waals surface area contributed by atoms with E-state index >= 15 is 0 Å². The van der Waals surface area contributed by atoms with Crippen molar-refractivity contribution in [1.29, 1.82) is 0 Å². The summed E-state index contributed by atoms with van der Waals surface area (Å²) in [6, 6.07) is -7.87. The van der Waals surface area contributed by atoms with E-state index in [0.717, 1.165) is 4.90 Å². The van der Waals surface area contributed by atoms with E-state index in [4.69, 9.17) is 16.6 Å². The Balaban J connectivity index is 2.23. The highest BCUT2D eigenvalue weighted by molar-refractivity contribution is 5.97. The van der Waals surface area contributed by atoms with Crippen LogP contribution in [0.2, 0.25) is 0 Å². The molecule has 0 saturated carbocycles. The molecule has 9 unspecified atom stereocenters. The highest BCUT2D eigenvalue weighted by atomic mass is 16.4. The van der Waals surface area contributed by atoms with Crippen molar-refractivity contribution in [3.05, 3.63) is 18.2 Å². The first kappa shape index (κ1) is 40.6. The number of imidazole rings is 1. The molecular weight excluding hydrogens is 646 g/mol. The molecule has 1 fully saturated rings. The van der Waals surface area contributed by atoms with E-state index in [-0.39, 0.29) is 31.7 Å². The molecule has 1 aliphatic rings. The van der Waals surface area contributed by atoms with Gasteiger partial charge in [-0.2, -0.15) is 0 Å². The van der Waals surface area contributed by atoms with Crippen LogP contribution in [0.15, 0.2) is 12.5 Å². The van der Waals surface area contributed by atoms with E-state index in [1.165, 1.54) is 26.4 Å². The Kier molecular flexibility index (Phi) is 15.6. The Morgan fingerprint density at radius 2 is 1.59 bits per heavy atom. The van der Waals surface area contributed by atoms with E-state index in [0.29, 0.717) is 18.5 Å². The number of carbonyl (C=O) groups is 7. The molecule has 9 atom stereocenters. The maximum absolute atomic E-state index is 13.7. The number of carbonyl (C=O) groups excluding carboxylic acids is 6. The molecule has 2 rings (SSSR count). The Morgan fingerprint density at radius 1 is 0.959 bits per heavy atom. The number of hydrogen-bond donors (Lipinski definition) is 10. The van der Waals surface area contributed by atoms with Crippen molar-refractivity contribution in [1.82, 2.24) is 36.1 Å². The number of hydrogen-bond acceptors (Lipinski definition) is 11. The third kappa shape index (κ3) is 11.8. The lowest BCUT2D eigenvalue weighted by Crippen LogP contribution is -2.63. The Morgan fingerprint density at radius 3 is 2.12 bits per heavy atom. The number of nitrogens with two attached hydrogens (primary N) is 2. The lowest BCUT2D eigenvalue weighted by atomic mass is 9.98. The third-order valence-corrected chi connectivity index (χ3v) is 8.43. The number of carboxylic acids is 1. The number of nitrogens with one attached hydrogen (secondary N) is 5. The number of aliphatic hydroxyl groups excluding tert-OH is 2. The molecule has 0 radical (unpaired) electrons. The summed E-state index contributed by atoms with van der Waals surface area (Å²) in [7, 11) is 0. The van der Waals surface area contributed by atoms with Gasteiger partial charge in [0.05, 0.1) is 24.6 Å². The Hall–Kier alpha value is -4.62. The fourth-order valence-electron chi connectivity index (χ4n) is 5.20. The minimum Gasteiger partial charge on any atom is -0.481 e. The van der Waals surface area contributed by atoms with Gasteiger partial charge in [-0.05, 0) is 39.0 Å². The first-order valence-corrected chi connectivity index (χ1v) is 16.1. The number of aliphatic hydroxyl groups is 2. The van der Waals surface area contributed by atoms with Crippen LogP contribution >= 0.6 is 0 Å². The van der Waals surface area contributed by atoms with Crippen LogP contribution in [-0.4, -0.2) is 127 Å². The quantitative estimate of drug-likeness (QED) is 0.0670. The van der Waals surface area contributed by atoms with Gasteiger partial charge >= 0.3 is 5.97 Å². The molecule has 0 aromatic carbocycles. The highest BCUT2D eigenvalue weighted by Gasteiger charge is 2.41. The number of likely N-dealkylation sites (tertiary alicyclic amines) is 1. The molecule has 6 amide bonds. The molecule has 19 nitrogen and oxygen atoms in total. The average molecular weight is 696 g/mol. The van der Waals surface area contributed by atoms with E-state index in [9.17, 15) is 43.8 Å². The summed E-state index contributed by atoms with van der Waals surface area (Å²) < 4.78 is 0. The van der Waals surface area contributed by atoms with Crippen molar-refractivity contribution in [2.45, 2.75) is 115 Å². The molecule has 1 saturated heterocycles. The minimum atomic E-state index is -1.59. The number of aromatic amines is 1. The smallest absolute Gasteiger partial charge is 0.303 e. The van der Waals surface area contributed by atoms with Gasteiger partial charge in [0.1, 0.15) is 30.2 Å². The molecule has 49 heavy (non-hydrogen) atoms. The van der Waals surface area contributed by atoms with E-state index in [1.54, 1.807) is 6.92 Å². The standard InChI is InChI=1S/C30H49N9O10/c1-5-14(2)22(31)28(47)37-23(15(3)40)29(48)38-24(16(4)41)30(49)39-10-6-7-20(39)27(46)36-19(11-17-12-33-13-34-17)26(45)35-18(25(32)44)8-9-21(42)43/h12-16,18-20,22-24,40-41H,5-11,31H2,1-4H3,(H2,32,44)(H,33,34)(H,35,45)(H,36,46)(H,37,47)(H,38,48)(H,42,43). The Bertz CT molecular complexity index is 1320. The summed E-state index contributed by atoms with van der Waals surface area (Å²) in [4.78, 5) is 97.2. The molecular formula is C30H49N9O10. The van der Waals surface area contributed by atoms with Crippen LogP contribution in [0.3, 0.4) is 0 Å². The fraction of sp³-hybridized carbons (Fsp3) is 0.667. The average Bonchev–Trinajstić information content (AvgIpc) is 3.75. The van der Waals surface area contributed by atoms with Crippen molar-refractivity contribution >= 4 is 41.4 Å². The maximum atomic E-state index is 13.7. The van der Waals surface area contributed by atoms with Gasteiger partial charge in [-0.15, -0.1) is 0 Å². The molecule has 0 aliphatic carbocycles. The minimum absolute atomic E-state index is 0.0622. The van der Waals surface area contributed by atoms with Crippen molar-refractivity contribution in [2.75, 3.05) is 6.54 Å². The van der Waals surface area contributed by atoms with Crippen LogP contribution in [0.25, 0.3) is 0 Å². The zero-order valence-electron chi connectivity index (χ0n) is 28.0. The molecule has 0 spiro atoms. The lowest BCUT2D eigenvalue weighted by Gasteiger charge is -2.32. The summed E-state index contributed by atoms with van der Waals surface area (Å²) >= 11 is 0. The number of primary amides is 1. The lowest BCUT2D eigenvalue weighted by molar-refractivity contribution is -0.145. The third-order valence-electron chi connectivity index (χ3n) is 8.43. The molecule has 1 aromatic heterocycles. The van der Waals surface area contributed by atoms with E-state index in [2.05, 4.69) is 31.2 Å². The normalized spacial score (nSPS) is 19.2. The highest BCUT2D eigenvalue weighted by Crippen LogP contribution is 2.20. The zero-order chi connectivity index (χ0) is 37.0. The second-order valence-corrected chi connectivity index (χ2v) is 12.3.